The van der Waals surface area contributed by atoms with E-state index in [1.165, 1.54) is 11.1 Å². The molecule has 0 aliphatic carbocycles. The quantitative estimate of drug-likeness (QED) is 0.497. The number of carbonyl (C=O) groups is 1. The van der Waals surface area contributed by atoms with Crippen LogP contribution in [0, 0.1) is 6.92 Å². The number of aliphatic imine (C=N–C) groups is 1. The van der Waals surface area contributed by atoms with Crippen molar-refractivity contribution >= 4 is 11.9 Å². The molecule has 5 heteroatoms. The van der Waals surface area contributed by atoms with Crippen LogP contribution in [0.5, 0.6) is 0 Å². The molecule has 0 radical (unpaired) electrons. The summed E-state index contributed by atoms with van der Waals surface area (Å²) in [6, 6.07) is 18.5. The van der Waals surface area contributed by atoms with Gasteiger partial charge in [0.05, 0.1) is 0 Å². The van der Waals surface area contributed by atoms with Gasteiger partial charge < -0.3 is 16.0 Å². The molecule has 0 fully saturated rings. The van der Waals surface area contributed by atoms with Gasteiger partial charge in [-0.1, -0.05) is 67.1 Å². The number of carbonyl (C=O) groups excluding carboxylic acids is 1. The van der Waals surface area contributed by atoms with Gasteiger partial charge in [0.15, 0.2) is 5.96 Å². The Hall–Kier alpha value is -2.82. The maximum Gasteiger partial charge on any atom is 0.222 e. The van der Waals surface area contributed by atoms with Gasteiger partial charge in [0.25, 0.3) is 0 Å². The smallest absolute Gasteiger partial charge is 0.222 e. The molecule has 0 aliphatic rings. The lowest BCUT2D eigenvalue weighted by Crippen LogP contribution is -2.40. The van der Waals surface area contributed by atoms with E-state index in [-0.39, 0.29) is 5.91 Å². The molecule has 1 amide bonds. The van der Waals surface area contributed by atoms with Crippen LogP contribution >= 0.6 is 0 Å². The van der Waals surface area contributed by atoms with Crippen LogP contribution in [0.25, 0.3) is 0 Å². The number of nitrogens with one attached hydrogen (secondary N) is 3. The molecule has 3 N–H and O–H groups in total. The first-order chi connectivity index (χ1) is 13.1. The minimum atomic E-state index is 0.0230. The van der Waals surface area contributed by atoms with Gasteiger partial charge in [-0.05, 0) is 24.0 Å². The fourth-order valence-corrected chi connectivity index (χ4v) is 2.66. The highest BCUT2D eigenvalue weighted by Crippen LogP contribution is 2.14. The summed E-state index contributed by atoms with van der Waals surface area (Å²) in [6.45, 7) is 6.15. The summed E-state index contributed by atoms with van der Waals surface area (Å²) in [5.74, 6) is 1.11. The first kappa shape index (κ1) is 20.5. The standard InChI is InChI=1S/C22H30N4O/c1-17-9-11-20(12-10-17)18(2)15-26-22(23-3)24-14-13-21(27)25-16-19-7-5-4-6-8-19/h4-12,18H,13-16H2,1-3H3,(H,25,27)(H2,23,24,26). The van der Waals surface area contributed by atoms with E-state index >= 15 is 0 Å². The zero-order valence-electron chi connectivity index (χ0n) is 16.5. The van der Waals surface area contributed by atoms with E-state index in [9.17, 15) is 4.79 Å². The van der Waals surface area contributed by atoms with Crippen molar-refractivity contribution in [2.24, 2.45) is 4.99 Å². The van der Waals surface area contributed by atoms with Crippen LogP contribution in [0.3, 0.4) is 0 Å². The Labute approximate surface area is 162 Å². The molecule has 2 aromatic carbocycles. The third-order valence-corrected chi connectivity index (χ3v) is 4.42. The minimum absolute atomic E-state index is 0.0230. The Bertz CT molecular complexity index is 726. The topological polar surface area (TPSA) is 65.5 Å². The molecular formula is C22H30N4O. The van der Waals surface area contributed by atoms with Crippen molar-refractivity contribution < 1.29 is 4.79 Å². The summed E-state index contributed by atoms with van der Waals surface area (Å²) in [6.07, 6.45) is 0.404. The Morgan fingerprint density at radius 1 is 1.00 bits per heavy atom. The second kappa shape index (κ2) is 11.0. The van der Waals surface area contributed by atoms with E-state index in [4.69, 9.17) is 0 Å². The van der Waals surface area contributed by atoms with Gasteiger partial charge >= 0.3 is 0 Å². The van der Waals surface area contributed by atoms with E-state index < -0.39 is 0 Å². The Morgan fingerprint density at radius 2 is 1.70 bits per heavy atom. The van der Waals surface area contributed by atoms with Crippen LogP contribution in [-0.4, -0.2) is 32.0 Å². The van der Waals surface area contributed by atoms with E-state index in [0.717, 1.165) is 12.1 Å². The van der Waals surface area contributed by atoms with Gasteiger partial charge in [0, 0.05) is 33.1 Å². The van der Waals surface area contributed by atoms with Crippen LogP contribution in [0.15, 0.2) is 59.6 Å². The molecule has 2 rings (SSSR count). The van der Waals surface area contributed by atoms with E-state index in [2.05, 4.69) is 59.1 Å². The summed E-state index contributed by atoms with van der Waals surface area (Å²) in [4.78, 5) is 16.2. The Balaban J connectivity index is 1.66. The first-order valence-electron chi connectivity index (χ1n) is 9.40. The number of aryl methyl sites for hydroxylation is 1. The van der Waals surface area contributed by atoms with Crippen molar-refractivity contribution in [3.8, 4) is 0 Å². The number of amides is 1. The molecule has 2 aromatic rings. The van der Waals surface area contributed by atoms with Crippen molar-refractivity contribution in [2.45, 2.75) is 32.7 Å². The predicted molar refractivity (Wildman–Crippen MR) is 112 cm³/mol. The fourth-order valence-electron chi connectivity index (χ4n) is 2.66. The van der Waals surface area contributed by atoms with E-state index in [0.29, 0.717) is 31.4 Å². The molecule has 27 heavy (non-hydrogen) atoms. The lowest BCUT2D eigenvalue weighted by atomic mass is 10.0. The number of benzene rings is 2. The first-order valence-corrected chi connectivity index (χ1v) is 9.40. The molecule has 144 valence electrons. The maximum atomic E-state index is 12.0. The minimum Gasteiger partial charge on any atom is -0.356 e. The summed E-state index contributed by atoms with van der Waals surface area (Å²) in [7, 11) is 1.74. The van der Waals surface area contributed by atoms with Crippen LogP contribution in [0.1, 0.15) is 36.0 Å². The summed E-state index contributed by atoms with van der Waals surface area (Å²) < 4.78 is 0. The van der Waals surface area contributed by atoms with Gasteiger partial charge in [0.2, 0.25) is 5.91 Å². The van der Waals surface area contributed by atoms with Gasteiger partial charge in [-0.15, -0.1) is 0 Å². The SMILES string of the molecule is CN=C(NCCC(=O)NCc1ccccc1)NCC(C)c1ccc(C)cc1. The average Bonchev–Trinajstić information content (AvgIpc) is 2.70. The lowest BCUT2D eigenvalue weighted by Gasteiger charge is -2.16. The van der Waals surface area contributed by atoms with Crippen molar-refractivity contribution in [3.63, 3.8) is 0 Å². The molecule has 0 bridgehead atoms. The number of hydrogen-bond acceptors (Lipinski definition) is 2. The van der Waals surface area contributed by atoms with Gasteiger partial charge in [-0.3, -0.25) is 9.79 Å². The predicted octanol–water partition coefficient (Wildman–Crippen LogP) is 2.97. The molecule has 0 saturated carbocycles. The second-order valence-corrected chi connectivity index (χ2v) is 6.70. The van der Waals surface area contributed by atoms with Crippen molar-refractivity contribution in [1.82, 2.24) is 16.0 Å². The molecule has 0 aromatic heterocycles. The Kier molecular flexibility index (Phi) is 8.36. The molecule has 0 aliphatic heterocycles. The normalized spacial score (nSPS) is 12.3. The number of guanidine groups is 1. The molecule has 5 nitrogen and oxygen atoms in total. The van der Waals surface area contributed by atoms with Crippen LogP contribution < -0.4 is 16.0 Å². The molecule has 0 heterocycles. The van der Waals surface area contributed by atoms with E-state index in [1.54, 1.807) is 7.05 Å². The third kappa shape index (κ3) is 7.52. The molecule has 0 saturated heterocycles. The third-order valence-electron chi connectivity index (χ3n) is 4.42. The van der Waals surface area contributed by atoms with Crippen LogP contribution in [0.4, 0.5) is 0 Å². The van der Waals surface area contributed by atoms with E-state index in [1.807, 2.05) is 30.3 Å². The number of hydrogen-bond donors (Lipinski definition) is 3. The largest absolute Gasteiger partial charge is 0.356 e. The highest BCUT2D eigenvalue weighted by molar-refractivity contribution is 5.81. The van der Waals surface area contributed by atoms with Crippen molar-refractivity contribution in [1.29, 1.82) is 0 Å². The summed E-state index contributed by atoms with van der Waals surface area (Å²) >= 11 is 0. The fraction of sp³-hybridized carbons (Fsp3) is 0.364. The van der Waals surface area contributed by atoms with Gasteiger partial charge in [-0.2, -0.15) is 0 Å². The highest BCUT2D eigenvalue weighted by atomic mass is 16.1. The molecule has 1 atom stereocenters. The molecule has 1 unspecified atom stereocenters. The molecular weight excluding hydrogens is 336 g/mol. The number of nitrogens with zero attached hydrogens (tertiary/aromatic N) is 1. The van der Waals surface area contributed by atoms with Crippen molar-refractivity contribution in [2.75, 3.05) is 20.1 Å². The zero-order chi connectivity index (χ0) is 19.5. The maximum absolute atomic E-state index is 12.0. The van der Waals surface area contributed by atoms with Gasteiger partial charge in [-0.25, -0.2) is 0 Å². The summed E-state index contributed by atoms with van der Waals surface area (Å²) in [5, 5.41) is 9.44. The molecule has 0 spiro atoms. The Morgan fingerprint density at radius 3 is 2.37 bits per heavy atom. The highest BCUT2D eigenvalue weighted by Gasteiger charge is 2.07. The van der Waals surface area contributed by atoms with Crippen LogP contribution in [0.2, 0.25) is 0 Å². The zero-order valence-corrected chi connectivity index (χ0v) is 16.5. The summed E-state index contributed by atoms with van der Waals surface area (Å²) in [5.41, 5.74) is 3.66. The number of rotatable bonds is 8. The van der Waals surface area contributed by atoms with Crippen LogP contribution in [-0.2, 0) is 11.3 Å². The monoisotopic (exact) mass is 366 g/mol. The average molecular weight is 367 g/mol. The second-order valence-electron chi connectivity index (χ2n) is 6.70. The lowest BCUT2D eigenvalue weighted by molar-refractivity contribution is -0.121. The van der Waals surface area contributed by atoms with Gasteiger partial charge in [0.1, 0.15) is 0 Å². The van der Waals surface area contributed by atoms with Crippen molar-refractivity contribution in [3.05, 3.63) is 71.3 Å².